The maximum Gasteiger partial charge on any atom is 0.316 e. The predicted octanol–water partition coefficient (Wildman–Crippen LogP) is 2.63. The van der Waals surface area contributed by atoms with E-state index in [-0.39, 0.29) is 29.7 Å². The minimum atomic E-state index is -0.650. The Morgan fingerprint density at radius 1 is 1.06 bits per heavy atom. The zero-order valence-electron chi connectivity index (χ0n) is 18.1. The molecule has 2 aliphatic rings. The molecule has 170 valence electrons. The number of carbonyl (C=O) groups excluding carboxylic acids is 4. The van der Waals surface area contributed by atoms with E-state index < -0.39 is 11.9 Å². The second kappa shape index (κ2) is 9.15. The lowest BCUT2D eigenvalue weighted by molar-refractivity contribution is -0.139. The minimum absolute atomic E-state index is 0.181. The van der Waals surface area contributed by atoms with Gasteiger partial charge in [0.05, 0.1) is 23.6 Å². The topological polar surface area (TPSA) is 134 Å². The summed E-state index contributed by atoms with van der Waals surface area (Å²) in [5.41, 5.74) is 9.97. The lowest BCUT2D eigenvalue weighted by Gasteiger charge is -2.38. The zero-order valence-corrected chi connectivity index (χ0v) is 18.1. The second-order valence-electron chi connectivity index (χ2n) is 8.16. The van der Waals surface area contributed by atoms with Crippen LogP contribution in [-0.2, 0) is 9.59 Å². The number of nitrogens with zero attached hydrogens (tertiary/aromatic N) is 1. The summed E-state index contributed by atoms with van der Waals surface area (Å²) in [6, 6.07) is 12.6. The molecule has 3 unspecified atom stereocenters. The molecule has 1 fully saturated rings. The van der Waals surface area contributed by atoms with Gasteiger partial charge in [0.2, 0.25) is 11.8 Å². The number of anilines is 2. The third-order valence-electron chi connectivity index (χ3n) is 5.92. The smallest absolute Gasteiger partial charge is 0.316 e. The van der Waals surface area contributed by atoms with Gasteiger partial charge < -0.3 is 16.4 Å². The molecule has 1 heterocycles. The molecular weight excluding hydrogens is 422 g/mol. The quantitative estimate of drug-likeness (QED) is 0.524. The van der Waals surface area contributed by atoms with Crippen molar-refractivity contribution in [1.82, 2.24) is 10.7 Å². The molecule has 1 aliphatic carbocycles. The van der Waals surface area contributed by atoms with Crippen molar-refractivity contribution in [3.05, 3.63) is 71.8 Å². The summed E-state index contributed by atoms with van der Waals surface area (Å²) >= 11 is 0. The monoisotopic (exact) mass is 447 g/mol. The number of hydrazine groups is 1. The number of nitrogens with one attached hydrogen (secondary N) is 3. The van der Waals surface area contributed by atoms with Crippen molar-refractivity contribution in [2.75, 3.05) is 10.3 Å². The molecular formula is C24H25N5O4. The van der Waals surface area contributed by atoms with Gasteiger partial charge in [0, 0.05) is 11.3 Å². The van der Waals surface area contributed by atoms with Gasteiger partial charge in [-0.25, -0.2) is 9.80 Å². The number of hydrogen-bond acceptors (Lipinski definition) is 4. The number of carbonyl (C=O) groups is 4. The van der Waals surface area contributed by atoms with E-state index in [4.69, 9.17) is 5.73 Å². The number of primary amides is 1. The van der Waals surface area contributed by atoms with Gasteiger partial charge in [-0.05, 0) is 55.7 Å². The first-order chi connectivity index (χ1) is 15.8. The van der Waals surface area contributed by atoms with Gasteiger partial charge in [-0.3, -0.25) is 19.8 Å². The van der Waals surface area contributed by atoms with Crippen LogP contribution in [-0.4, -0.2) is 23.8 Å². The minimum Gasteiger partial charge on any atom is -0.351 e. The average Bonchev–Trinajstić information content (AvgIpc) is 2.81. The fourth-order valence-electron chi connectivity index (χ4n) is 4.13. The van der Waals surface area contributed by atoms with Crippen molar-refractivity contribution in [3.63, 3.8) is 0 Å². The summed E-state index contributed by atoms with van der Waals surface area (Å²) in [5.74, 6) is -1.44. The highest BCUT2D eigenvalue weighted by Crippen LogP contribution is 2.32. The molecule has 9 nitrogen and oxygen atoms in total. The third-order valence-corrected chi connectivity index (χ3v) is 5.92. The molecule has 0 radical (unpaired) electrons. The molecule has 5 amide bonds. The number of allylic oxidation sites excluding steroid dienone is 2. The van der Waals surface area contributed by atoms with E-state index in [1.165, 1.54) is 5.01 Å². The molecule has 5 N–H and O–H groups in total. The second-order valence-corrected chi connectivity index (χ2v) is 8.16. The summed E-state index contributed by atoms with van der Waals surface area (Å²) in [5, 5.41) is 6.65. The van der Waals surface area contributed by atoms with Crippen molar-refractivity contribution in [2.45, 2.75) is 25.8 Å². The first kappa shape index (κ1) is 22.1. The van der Waals surface area contributed by atoms with Gasteiger partial charge in [-0.2, -0.15) is 0 Å². The molecule has 0 bridgehead atoms. The molecule has 33 heavy (non-hydrogen) atoms. The van der Waals surface area contributed by atoms with Crippen molar-refractivity contribution in [1.29, 1.82) is 0 Å². The van der Waals surface area contributed by atoms with Crippen LogP contribution in [0, 0.1) is 11.8 Å². The Balaban J connectivity index is 1.46. The first-order valence-corrected chi connectivity index (χ1v) is 10.7. The van der Waals surface area contributed by atoms with E-state index in [2.05, 4.69) is 16.1 Å². The van der Waals surface area contributed by atoms with E-state index in [1.54, 1.807) is 48.5 Å². The molecule has 2 aromatic carbocycles. The highest BCUT2D eigenvalue weighted by atomic mass is 16.2. The number of nitrogens with two attached hydrogens (primary N) is 1. The summed E-state index contributed by atoms with van der Waals surface area (Å²) < 4.78 is 0. The highest BCUT2D eigenvalue weighted by molar-refractivity contribution is 6.05. The Bertz CT molecular complexity index is 1130. The molecule has 3 atom stereocenters. The van der Waals surface area contributed by atoms with Crippen molar-refractivity contribution in [2.24, 2.45) is 17.6 Å². The fourth-order valence-corrected chi connectivity index (χ4v) is 4.13. The Morgan fingerprint density at radius 3 is 2.45 bits per heavy atom. The van der Waals surface area contributed by atoms with Gasteiger partial charge in [-0.1, -0.05) is 30.4 Å². The van der Waals surface area contributed by atoms with Crippen LogP contribution in [0.5, 0.6) is 0 Å². The number of urea groups is 1. The van der Waals surface area contributed by atoms with E-state index in [0.717, 1.165) is 5.56 Å². The lowest BCUT2D eigenvalue weighted by atomic mass is 9.80. The molecule has 2 aromatic rings. The van der Waals surface area contributed by atoms with Crippen LogP contribution in [0.4, 0.5) is 16.2 Å². The van der Waals surface area contributed by atoms with Crippen LogP contribution < -0.4 is 26.8 Å². The molecule has 1 aliphatic heterocycles. The summed E-state index contributed by atoms with van der Waals surface area (Å²) in [6.45, 7) is 1.84. The SMILES string of the molecule is CC(NC(=O)c1cccc(N2NC(=O)C3CC=CCC3C2=O)c1)c1ccc(NC(N)=O)cc1. The van der Waals surface area contributed by atoms with Crippen LogP contribution in [0.2, 0.25) is 0 Å². The maximum absolute atomic E-state index is 13.0. The number of rotatable bonds is 5. The van der Waals surface area contributed by atoms with Gasteiger partial charge in [0.25, 0.3) is 5.91 Å². The summed E-state index contributed by atoms with van der Waals surface area (Å²) in [7, 11) is 0. The molecule has 9 heteroatoms. The van der Waals surface area contributed by atoms with Gasteiger partial charge >= 0.3 is 6.03 Å². The largest absolute Gasteiger partial charge is 0.351 e. The van der Waals surface area contributed by atoms with Gasteiger partial charge in [0.1, 0.15) is 0 Å². The Kier molecular flexibility index (Phi) is 6.12. The van der Waals surface area contributed by atoms with Crippen molar-refractivity contribution >= 4 is 35.1 Å². The van der Waals surface area contributed by atoms with Gasteiger partial charge in [-0.15, -0.1) is 0 Å². The Labute approximate surface area is 191 Å². The standard InChI is InChI=1S/C24H25N5O4/c1-14(15-9-11-17(12-10-15)27-24(25)33)26-21(30)16-5-4-6-18(13-16)29-23(32)20-8-3-2-7-19(20)22(31)28-29/h2-6,9-14,19-20H,7-8H2,1H3,(H,26,30)(H,28,31)(H3,25,27,33). The van der Waals surface area contributed by atoms with Crippen LogP contribution in [0.3, 0.4) is 0 Å². The van der Waals surface area contributed by atoms with Crippen LogP contribution in [0.1, 0.15) is 41.7 Å². The number of hydrogen-bond donors (Lipinski definition) is 4. The molecule has 0 saturated carbocycles. The maximum atomic E-state index is 13.0. The number of amides is 5. The molecule has 0 spiro atoms. The van der Waals surface area contributed by atoms with Crippen molar-refractivity contribution in [3.8, 4) is 0 Å². The summed E-state index contributed by atoms with van der Waals surface area (Å²) in [4.78, 5) is 49.3. The molecule has 1 saturated heterocycles. The molecule has 0 aromatic heterocycles. The Hall–Kier alpha value is -4.14. The summed E-state index contributed by atoms with van der Waals surface area (Å²) in [6.07, 6.45) is 4.93. The van der Waals surface area contributed by atoms with Crippen LogP contribution >= 0.6 is 0 Å². The highest BCUT2D eigenvalue weighted by Gasteiger charge is 2.42. The van der Waals surface area contributed by atoms with Crippen molar-refractivity contribution < 1.29 is 19.2 Å². The van der Waals surface area contributed by atoms with Crippen LogP contribution in [0.15, 0.2) is 60.7 Å². The third kappa shape index (κ3) is 4.72. The molecule has 4 rings (SSSR count). The number of fused-ring (bicyclic) bond motifs is 1. The van der Waals surface area contributed by atoms with E-state index in [0.29, 0.717) is 29.8 Å². The normalized spacial score (nSPS) is 20.5. The lowest BCUT2D eigenvalue weighted by Crippen LogP contribution is -2.59. The Morgan fingerprint density at radius 2 is 1.76 bits per heavy atom. The van der Waals surface area contributed by atoms with E-state index in [1.807, 2.05) is 19.1 Å². The van der Waals surface area contributed by atoms with Gasteiger partial charge in [0.15, 0.2) is 0 Å². The zero-order chi connectivity index (χ0) is 23.5. The number of benzene rings is 2. The average molecular weight is 447 g/mol. The fraction of sp³-hybridized carbons (Fsp3) is 0.250. The van der Waals surface area contributed by atoms with E-state index >= 15 is 0 Å². The first-order valence-electron chi connectivity index (χ1n) is 10.7. The van der Waals surface area contributed by atoms with Crippen LogP contribution in [0.25, 0.3) is 0 Å². The van der Waals surface area contributed by atoms with E-state index in [9.17, 15) is 19.2 Å². The predicted molar refractivity (Wildman–Crippen MR) is 123 cm³/mol.